The number of methoxy groups -OCH3 is 2. The normalized spacial score (nSPS) is 12.6. The summed E-state index contributed by atoms with van der Waals surface area (Å²) < 4.78 is 10.5. The molecule has 0 spiro atoms. The number of nitrogens with zero attached hydrogens (tertiary/aromatic N) is 3. The molecule has 21 heavy (non-hydrogen) atoms. The summed E-state index contributed by atoms with van der Waals surface area (Å²) in [5, 5.41) is 6.13. The van der Waals surface area contributed by atoms with Crippen LogP contribution in [0.25, 0.3) is 10.2 Å². The molecule has 0 saturated heterocycles. The second-order valence-corrected chi connectivity index (χ2v) is 5.65. The van der Waals surface area contributed by atoms with E-state index in [0.29, 0.717) is 19.2 Å². The van der Waals surface area contributed by atoms with E-state index >= 15 is 0 Å². The summed E-state index contributed by atoms with van der Waals surface area (Å²) in [6, 6.07) is 2.27. The fourth-order valence-electron chi connectivity index (χ4n) is 2.23. The third-order valence-corrected chi connectivity index (χ3v) is 4.08. The molecule has 2 aromatic rings. The number of nitrogens with one attached hydrogen (secondary N) is 1. The van der Waals surface area contributed by atoms with Gasteiger partial charge in [0.2, 0.25) is 5.95 Å². The molecule has 0 saturated carbocycles. The Hall–Kier alpha value is -1.44. The van der Waals surface area contributed by atoms with E-state index in [1.54, 1.807) is 25.6 Å². The first-order valence-electron chi connectivity index (χ1n) is 6.88. The number of anilines is 2. The van der Waals surface area contributed by atoms with E-state index in [1.807, 2.05) is 12.4 Å². The van der Waals surface area contributed by atoms with E-state index in [0.717, 1.165) is 22.6 Å². The standard InChI is InChI=1S/C14H22N4O2S/c1-10(9-20-4)18(6-7-19-3)12-11-5-8-21-13(11)17-14(15-2)16-12/h5,8,10H,6-7,9H2,1-4H3,(H,15,16,17). The molecule has 1 atom stereocenters. The Morgan fingerprint density at radius 2 is 2.14 bits per heavy atom. The summed E-state index contributed by atoms with van der Waals surface area (Å²) in [4.78, 5) is 12.3. The van der Waals surface area contributed by atoms with Crippen molar-refractivity contribution in [2.75, 3.05) is 51.2 Å². The number of ether oxygens (including phenoxy) is 2. The summed E-state index contributed by atoms with van der Waals surface area (Å²) >= 11 is 1.62. The molecule has 7 heteroatoms. The zero-order chi connectivity index (χ0) is 15.2. The van der Waals surface area contributed by atoms with Crippen LogP contribution < -0.4 is 10.2 Å². The minimum Gasteiger partial charge on any atom is -0.383 e. The van der Waals surface area contributed by atoms with E-state index in [4.69, 9.17) is 9.47 Å². The Labute approximate surface area is 129 Å². The van der Waals surface area contributed by atoms with Crippen LogP contribution in [0.5, 0.6) is 0 Å². The average molecular weight is 310 g/mol. The van der Waals surface area contributed by atoms with E-state index in [-0.39, 0.29) is 6.04 Å². The first kappa shape index (κ1) is 15.9. The Bertz CT molecular complexity index is 575. The minimum absolute atomic E-state index is 0.202. The van der Waals surface area contributed by atoms with Gasteiger partial charge in [-0.2, -0.15) is 4.98 Å². The van der Waals surface area contributed by atoms with Crippen LogP contribution in [0.3, 0.4) is 0 Å². The van der Waals surface area contributed by atoms with Crippen LogP contribution in [0.1, 0.15) is 6.92 Å². The number of aromatic nitrogens is 2. The highest BCUT2D eigenvalue weighted by Crippen LogP contribution is 2.30. The molecule has 0 fully saturated rings. The summed E-state index contributed by atoms with van der Waals surface area (Å²) in [5.41, 5.74) is 0. The van der Waals surface area contributed by atoms with Gasteiger partial charge in [0.25, 0.3) is 0 Å². The van der Waals surface area contributed by atoms with Crippen LogP contribution in [-0.4, -0.2) is 57.0 Å². The van der Waals surface area contributed by atoms with Crippen molar-refractivity contribution in [2.24, 2.45) is 0 Å². The molecule has 1 unspecified atom stereocenters. The van der Waals surface area contributed by atoms with Crippen LogP contribution in [0, 0.1) is 0 Å². The quantitative estimate of drug-likeness (QED) is 0.807. The highest BCUT2D eigenvalue weighted by Gasteiger charge is 2.20. The van der Waals surface area contributed by atoms with Gasteiger partial charge in [0, 0.05) is 27.8 Å². The number of fused-ring (bicyclic) bond motifs is 1. The third kappa shape index (κ3) is 3.61. The second kappa shape index (κ2) is 7.53. The van der Waals surface area contributed by atoms with Crippen molar-refractivity contribution >= 4 is 33.3 Å². The molecule has 0 radical (unpaired) electrons. The van der Waals surface area contributed by atoms with Gasteiger partial charge in [-0.05, 0) is 18.4 Å². The maximum Gasteiger partial charge on any atom is 0.225 e. The van der Waals surface area contributed by atoms with Gasteiger partial charge in [-0.25, -0.2) is 4.98 Å². The third-order valence-electron chi connectivity index (χ3n) is 3.28. The van der Waals surface area contributed by atoms with E-state index < -0.39 is 0 Å². The van der Waals surface area contributed by atoms with Gasteiger partial charge < -0.3 is 19.7 Å². The average Bonchev–Trinajstić information content (AvgIpc) is 2.96. The van der Waals surface area contributed by atoms with Crippen molar-refractivity contribution in [2.45, 2.75) is 13.0 Å². The van der Waals surface area contributed by atoms with Gasteiger partial charge in [-0.15, -0.1) is 11.3 Å². The molecule has 0 aliphatic carbocycles. The molecule has 0 amide bonds. The van der Waals surface area contributed by atoms with Gasteiger partial charge in [0.1, 0.15) is 10.6 Å². The fourth-order valence-corrected chi connectivity index (χ4v) is 2.98. The van der Waals surface area contributed by atoms with Crippen molar-refractivity contribution in [1.82, 2.24) is 9.97 Å². The SMILES string of the molecule is CNc1nc(N(CCOC)C(C)COC)c2ccsc2n1. The molecule has 2 rings (SSSR count). The number of thiophene rings is 1. The lowest BCUT2D eigenvalue weighted by molar-refractivity contribution is 0.170. The highest BCUT2D eigenvalue weighted by atomic mass is 32.1. The minimum atomic E-state index is 0.202. The molecular weight excluding hydrogens is 288 g/mol. The van der Waals surface area contributed by atoms with Crippen LogP contribution in [0.4, 0.5) is 11.8 Å². The zero-order valence-corrected chi connectivity index (χ0v) is 13.7. The topological polar surface area (TPSA) is 59.5 Å². The summed E-state index contributed by atoms with van der Waals surface area (Å²) in [7, 11) is 5.25. The van der Waals surface area contributed by atoms with Crippen LogP contribution >= 0.6 is 11.3 Å². The monoisotopic (exact) mass is 310 g/mol. The Balaban J connectivity index is 2.43. The Kier molecular flexibility index (Phi) is 5.72. The van der Waals surface area contributed by atoms with Gasteiger partial charge in [0.05, 0.1) is 24.6 Å². The lowest BCUT2D eigenvalue weighted by atomic mass is 10.2. The lowest BCUT2D eigenvalue weighted by Crippen LogP contribution is -2.39. The smallest absolute Gasteiger partial charge is 0.225 e. The molecule has 2 aromatic heterocycles. The molecule has 6 nitrogen and oxygen atoms in total. The maximum absolute atomic E-state index is 5.30. The molecule has 116 valence electrons. The van der Waals surface area contributed by atoms with Crippen molar-refractivity contribution in [1.29, 1.82) is 0 Å². The van der Waals surface area contributed by atoms with Crippen molar-refractivity contribution in [3.05, 3.63) is 11.4 Å². The largest absolute Gasteiger partial charge is 0.383 e. The molecular formula is C14H22N4O2S. The molecule has 0 aliphatic heterocycles. The predicted octanol–water partition coefficient (Wildman–Crippen LogP) is 2.22. The van der Waals surface area contributed by atoms with Gasteiger partial charge in [-0.1, -0.05) is 0 Å². The molecule has 2 heterocycles. The molecule has 0 aromatic carbocycles. The molecule has 0 bridgehead atoms. The van der Waals surface area contributed by atoms with E-state index in [1.165, 1.54) is 0 Å². The molecule has 1 N–H and O–H groups in total. The van der Waals surface area contributed by atoms with Crippen LogP contribution in [0.2, 0.25) is 0 Å². The number of rotatable bonds is 8. The second-order valence-electron chi connectivity index (χ2n) is 4.75. The van der Waals surface area contributed by atoms with Gasteiger partial charge >= 0.3 is 0 Å². The first-order valence-corrected chi connectivity index (χ1v) is 7.76. The highest BCUT2D eigenvalue weighted by molar-refractivity contribution is 7.16. The summed E-state index contributed by atoms with van der Waals surface area (Å²) in [6.45, 7) is 4.15. The predicted molar refractivity (Wildman–Crippen MR) is 87.5 cm³/mol. The number of hydrogen-bond acceptors (Lipinski definition) is 7. The van der Waals surface area contributed by atoms with Crippen LogP contribution in [0.15, 0.2) is 11.4 Å². The van der Waals surface area contributed by atoms with Crippen LogP contribution in [-0.2, 0) is 9.47 Å². The summed E-state index contributed by atoms with van der Waals surface area (Å²) in [5.74, 6) is 1.55. The Morgan fingerprint density at radius 3 is 2.81 bits per heavy atom. The van der Waals surface area contributed by atoms with E-state index in [9.17, 15) is 0 Å². The maximum atomic E-state index is 5.30. The van der Waals surface area contributed by atoms with E-state index in [2.05, 4.69) is 33.2 Å². The fraction of sp³-hybridized carbons (Fsp3) is 0.571. The lowest BCUT2D eigenvalue weighted by Gasteiger charge is -2.30. The zero-order valence-electron chi connectivity index (χ0n) is 12.9. The number of hydrogen-bond donors (Lipinski definition) is 1. The van der Waals surface area contributed by atoms with Gasteiger partial charge in [0.15, 0.2) is 0 Å². The molecule has 0 aliphatic rings. The van der Waals surface area contributed by atoms with Crippen molar-refractivity contribution in [3.63, 3.8) is 0 Å². The first-order chi connectivity index (χ1) is 10.2. The van der Waals surface area contributed by atoms with Gasteiger partial charge in [-0.3, -0.25) is 0 Å². The Morgan fingerprint density at radius 1 is 1.33 bits per heavy atom. The summed E-state index contributed by atoms with van der Waals surface area (Å²) in [6.07, 6.45) is 0. The van der Waals surface area contributed by atoms with Crippen molar-refractivity contribution in [3.8, 4) is 0 Å². The van der Waals surface area contributed by atoms with Crippen molar-refractivity contribution < 1.29 is 9.47 Å².